The summed E-state index contributed by atoms with van der Waals surface area (Å²) >= 11 is 0. The Morgan fingerprint density at radius 1 is 0.688 bits per heavy atom. The molecule has 5 nitrogen and oxygen atoms in total. The molecule has 0 amide bonds. The smallest absolute Gasteiger partial charge is 0.164 e. The van der Waals surface area contributed by atoms with E-state index in [4.69, 9.17) is 23.9 Å². The van der Waals surface area contributed by atoms with Crippen LogP contribution in [0.4, 0.5) is 0 Å². The number of methoxy groups -OCH3 is 3. The number of benzene rings is 3. The van der Waals surface area contributed by atoms with Crippen LogP contribution in [0.2, 0.25) is 0 Å². The van der Waals surface area contributed by atoms with Crippen LogP contribution in [0.25, 0.3) is 23.1 Å². The van der Waals surface area contributed by atoms with E-state index in [1.54, 1.807) is 21.3 Å². The molecule has 0 atom stereocenters. The highest BCUT2D eigenvalue weighted by atomic mass is 16.5. The third-order valence-electron chi connectivity index (χ3n) is 5.11. The Hall–Kier alpha value is -3.99. The average molecular weight is 428 g/mol. The van der Waals surface area contributed by atoms with Gasteiger partial charge in [0.1, 0.15) is 23.6 Å². The van der Waals surface area contributed by atoms with Gasteiger partial charge in [-0.3, -0.25) is 0 Å². The first-order valence-corrected chi connectivity index (χ1v) is 10.3. The quantitative estimate of drug-likeness (QED) is 0.345. The van der Waals surface area contributed by atoms with E-state index in [9.17, 15) is 0 Å². The van der Waals surface area contributed by atoms with Crippen LogP contribution in [0.5, 0.6) is 23.0 Å². The van der Waals surface area contributed by atoms with Crippen molar-refractivity contribution >= 4 is 23.1 Å². The minimum Gasteiger partial charge on any atom is -0.496 e. The normalized spacial score (nSPS) is 11.0. The standard InChI is InChI=1S/C27H25NO4/c1-29-24-17-26(31-3)25(30-2)16-21(24)13-15-22-14-12-20-10-7-11-23(27(20)28-22)32-18-19-8-5-4-6-9-19/h4-17H,18H2,1-3H3/b15-13+. The van der Waals surface area contributed by atoms with Crippen LogP contribution >= 0.6 is 0 Å². The lowest BCUT2D eigenvalue weighted by molar-refractivity contribution is 0.309. The number of ether oxygens (including phenoxy) is 4. The molecule has 0 saturated heterocycles. The van der Waals surface area contributed by atoms with Crippen molar-refractivity contribution in [3.8, 4) is 23.0 Å². The molecule has 3 aromatic carbocycles. The molecule has 0 aliphatic rings. The molecule has 0 aliphatic carbocycles. The van der Waals surface area contributed by atoms with E-state index < -0.39 is 0 Å². The molecule has 0 aliphatic heterocycles. The van der Waals surface area contributed by atoms with Crippen LogP contribution in [0.15, 0.2) is 72.8 Å². The number of nitrogens with zero attached hydrogens (tertiary/aromatic N) is 1. The van der Waals surface area contributed by atoms with Gasteiger partial charge < -0.3 is 18.9 Å². The maximum absolute atomic E-state index is 6.08. The summed E-state index contributed by atoms with van der Waals surface area (Å²) in [5, 5.41) is 1.02. The van der Waals surface area contributed by atoms with Crippen LogP contribution in [-0.2, 0) is 6.61 Å². The number of hydrogen-bond acceptors (Lipinski definition) is 5. The second-order valence-electron chi connectivity index (χ2n) is 7.12. The predicted molar refractivity (Wildman–Crippen MR) is 128 cm³/mol. The van der Waals surface area contributed by atoms with Gasteiger partial charge in [0.25, 0.3) is 0 Å². The average Bonchev–Trinajstić information content (AvgIpc) is 2.86. The molecule has 4 aromatic rings. The van der Waals surface area contributed by atoms with E-state index in [1.807, 2.05) is 84.9 Å². The zero-order valence-corrected chi connectivity index (χ0v) is 18.4. The van der Waals surface area contributed by atoms with Gasteiger partial charge in [-0.05, 0) is 35.9 Å². The van der Waals surface area contributed by atoms with Crippen molar-refractivity contribution in [2.75, 3.05) is 21.3 Å². The molecule has 5 heteroatoms. The molecule has 0 radical (unpaired) electrons. The third kappa shape index (κ3) is 4.67. The maximum Gasteiger partial charge on any atom is 0.164 e. The second-order valence-corrected chi connectivity index (χ2v) is 7.12. The number of rotatable bonds is 8. The van der Waals surface area contributed by atoms with E-state index in [1.165, 1.54) is 0 Å². The van der Waals surface area contributed by atoms with Gasteiger partial charge in [-0.1, -0.05) is 48.5 Å². The summed E-state index contributed by atoms with van der Waals surface area (Å²) in [4.78, 5) is 4.83. The molecule has 0 spiro atoms. The highest BCUT2D eigenvalue weighted by molar-refractivity contribution is 5.86. The van der Waals surface area contributed by atoms with Crippen LogP contribution in [-0.4, -0.2) is 26.3 Å². The maximum atomic E-state index is 6.08. The Morgan fingerprint density at radius 3 is 2.19 bits per heavy atom. The lowest BCUT2D eigenvalue weighted by atomic mass is 10.1. The number of aromatic nitrogens is 1. The summed E-state index contributed by atoms with van der Waals surface area (Å²) in [7, 11) is 4.84. The highest BCUT2D eigenvalue weighted by Crippen LogP contribution is 2.35. The zero-order chi connectivity index (χ0) is 22.3. The molecule has 32 heavy (non-hydrogen) atoms. The predicted octanol–water partition coefficient (Wildman–Crippen LogP) is 6.01. The van der Waals surface area contributed by atoms with Crippen LogP contribution < -0.4 is 18.9 Å². The first-order valence-electron chi connectivity index (χ1n) is 10.3. The first kappa shape index (κ1) is 21.2. The number of hydrogen-bond donors (Lipinski definition) is 0. The highest BCUT2D eigenvalue weighted by Gasteiger charge is 2.10. The summed E-state index contributed by atoms with van der Waals surface area (Å²) < 4.78 is 22.4. The molecule has 0 saturated carbocycles. The van der Waals surface area contributed by atoms with E-state index in [-0.39, 0.29) is 0 Å². The van der Waals surface area contributed by atoms with Crippen LogP contribution in [0, 0.1) is 0 Å². The van der Waals surface area contributed by atoms with Gasteiger partial charge in [-0.15, -0.1) is 0 Å². The number of fused-ring (bicyclic) bond motifs is 1. The topological polar surface area (TPSA) is 49.8 Å². The van der Waals surface area contributed by atoms with E-state index in [0.717, 1.165) is 33.5 Å². The molecular weight excluding hydrogens is 402 g/mol. The van der Waals surface area contributed by atoms with Crippen molar-refractivity contribution < 1.29 is 18.9 Å². The van der Waals surface area contributed by atoms with Crippen molar-refractivity contribution in [3.63, 3.8) is 0 Å². The van der Waals surface area contributed by atoms with Crippen molar-refractivity contribution in [3.05, 3.63) is 89.6 Å². The fourth-order valence-electron chi connectivity index (χ4n) is 3.44. The first-order chi connectivity index (χ1) is 15.7. The molecule has 0 fully saturated rings. The fourth-order valence-corrected chi connectivity index (χ4v) is 3.44. The largest absolute Gasteiger partial charge is 0.496 e. The Balaban J connectivity index is 1.63. The summed E-state index contributed by atoms with van der Waals surface area (Å²) in [5.74, 6) is 2.69. The summed E-state index contributed by atoms with van der Waals surface area (Å²) in [5.41, 5.74) is 3.61. The van der Waals surface area contributed by atoms with Gasteiger partial charge >= 0.3 is 0 Å². The Morgan fingerprint density at radius 2 is 1.44 bits per heavy atom. The molecular formula is C27H25NO4. The zero-order valence-electron chi connectivity index (χ0n) is 18.4. The third-order valence-corrected chi connectivity index (χ3v) is 5.11. The molecule has 0 unspecified atom stereocenters. The van der Waals surface area contributed by atoms with Crippen molar-refractivity contribution in [1.82, 2.24) is 4.98 Å². The minimum absolute atomic E-state index is 0.491. The molecule has 1 heterocycles. The van der Waals surface area contributed by atoms with Gasteiger partial charge in [-0.25, -0.2) is 4.98 Å². The number of pyridine rings is 1. The summed E-state index contributed by atoms with van der Waals surface area (Å²) in [6.45, 7) is 0.491. The molecule has 1 aromatic heterocycles. The molecule has 0 bridgehead atoms. The molecule has 4 rings (SSSR count). The van der Waals surface area contributed by atoms with E-state index in [0.29, 0.717) is 23.9 Å². The Kier molecular flexibility index (Phi) is 6.56. The SMILES string of the molecule is COc1cc(OC)c(OC)cc1/C=C/c1ccc2cccc(OCc3ccccc3)c2n1. The van der Waals surface area contributed by atoms with Crippen molar-refractivity contribution in [2.24, 2.45) is 0 Å². The minimum atomic E-state index is 0.491. The fraction of sp³-hybridized carbons (Fsp3) is 0.148. The lowest BCUT2D eigenvalue weighted by Gasteiger charge is -2.12. The molecule has 0 N–H and O–H groups in total. The monoisotopic (exact) mass is 427 g/mol. The van der Waals surface area contributed by atoms with Gasteiger partial charge in [0, 0.05) is 17.0 Å². The van der Waals surface area contributed by atoms with Gasteiger partial charge in [0.05, 0.1) is 27.0 Å². The second kappa shape index (κ2) is 9.88. The molecule has 162 valence electrons. The van der Waals surface area contributed by atoms with Crippen LogP contribution in [0.3, 0.4) is 0 Å². The Bertz CT molecular complexity index is 1240. The van der Waals surface area contributed by atoms with Crippen molar-refractivity contribution in [1.29, 1.82) is 0 Å². The number of para-hydroxylation sites is 1. The van der Waals surface area contributed by atoms with E-state index >= 15 is 0 Å². The van der Waals surface area contributed by atoms with Gasteiger partial charge in [-0.2, -0.15) is 0 Å². The summed E-state index contributed by atoms with van der Waals surface area (Å²) in [6.07, 6.45) is 3.89. The Labute approximate surface area is 187 Å². The van der Waals surface area contributed by atoms with Gasteiger partial charge in [0.15, 0.2) is 11.5 Å². The van der Waals surface area contributed by atoms with Crippen LogP contribution in [0.1, 0.15) is 16.8 Å². The summed E-state index contributed by atoms with van der Waals surface area (Å²) in [6, 6.07) is 23.8. The van der Waals surface area contributed by atoms with E-state index in [2.05, 4.69) is 0 Å². The van der Waals surface area contributed by atoms with Crippen molar-refractivity contribution in [2.45, 2.75) is 6.61 Å². The van der Waals surface area contributed by atoms with Gasteiger partial charge in [0.2, 0.25) is 0 Å². The lowest BCUT2D eigenvalue weighted by Crippen LogP contribution is -1.97.